The number of benzene rings is 1. The Morgan fingerprint density at radius 3 is 2.75 bits per heavy atom. The number of amides is 1. The molecule has 1 aromatic rings. The highest BCUT2D eigenvalue weighted by Crippen LogP contribution is 2.28. The first-order valence-corrected chi connectivity index (χ1v) is 9.00. The van der Waals surface area contributed by atoms with Gasteiger partial charge >= 0.3 is 0 Å². The van der Waals surface area contributed by atoms with Crippen molar-refractivity contribution < 1.29 is 14.3 Å². The second-order valence-electron chi connectivity index (χ2n) is 6.34. The summed E-state index contributed by atoms with van der Waals surface area (Å²) in [6.07, 6.45) is 6.87. The summed E-state index contributed by atoms with van der Waals surface area (Å²) >= 11 is 0. The van der Waals surface area contributed by atoms with Crippen LogP contribution in [-0.2, 0) is 11.3 Å². The van der Waals surface area contributed by atoms with Crippen LogP contribution in [-0.4, -0.2) is 32.7 Å². The second-order valence-corrected chi connectivity index (χ2v) is 6.34. The number of methoxy groups -OCH3 is 1. The van der Waals surface area contributed by atoms with Gasteiger partial charge in [0.15, 0.2) is 18.1 Å². The maximum Gasteiger partial charge on any atom is 0.257 e. The first-order chi connectivity index (χ1) is 11.7. The Labute approximate surface area is 145 Å². The van der Waals surface area contributed by atoms with Gasteiger partial charge in [-0.2, -0.15) is 0 Å². The van der Waals surface area contributed by atoms with Crippen LogP contribution in [0, 0.1) is 5.92 Å². The molecule has 1 aromatic carbocycles. The molecule has 0 radical (unpaired) electrons. The number of hydrogen-bond donors (Lipinski definition) is 2. The van der Waals surface area contributed by atoms with Crippen molar-refractivity contribution >= 4 is 5.91 Å². The molecule has 0 atom stereocenters. The van der Waals surface area contributed by atoms with E-state index in [-0.39, 0.29) is 12.5 Å². The van der Waals surface area contributed by atoms with Crippen LogP contribution in [0.3, 0.4) is 0 Å². The molecule has 2 rings (SSSR count). The summed E-state index contributed by atoms with van der Waals surface area (Å²) in [5.41, 5.74) is 1.16. The van der Waals surface area contributed by atoms with Crippen molar-refractivity contribution in [3.8, 4) is 11.5 Å². The summed E-state index contributed by atoms with van der Waals surface area (Å²) in [5.74, 6) is 2.04. The fourth-order valence-electron chi connectivity index (χ4n) is 3.17. The monoisotopic (exact) mass is 334 g/mol. The Morgan fingerprint density at radius 1 is 1.25 bits per heavy atom. The lowest BCUT2D eigenvalue weighted by Gasteiger charge is -2.13. The van der Waals surface area contributed by atoms with Gasteiger partial charge < -0.3 is 20.1 Å². The average molecular weight is 334 g/mol. The molecule has 0 bridgehead atoms. The Kier molecular flexibility index (Phi) is 7.89. The van der Waals surface area contributed by atoms with Crippen molar-refractivity contribution in [2.45, 2.75) is 45.6 Å². The molecule has 5 heteroatoms. The van der Waals surface area contributed by atoms with Crippen molar-refractivity contribution in [3.05, 3.63) is 23.8 Å². The van der Waals surface area contributed by atoms with Crippen LogP contribution in [0.2, 0.25) is 0 Å². The minimum atomic E-state index is -0.128. The highest BCUT2D eigenvalue weighted by atomic mass is 16.5. The number of likely N-dealkylation sites (N-methyl/N-ethyl adjacent to an activating group) is 1. The number of carbonyl (C=O) groups excluding carboxylic acids is 1. The average Bonchev–Trinajstić information content (AvgIpc) is 3.11. The Balaban J connectivity index is 1.78. The van der Waals surface area contributed by atoms with E-state index < -0.39 is 0 Å². The maximum atomic E-state index is 11.5. The van der Waals surface area contributed by atoms with Crippen LogP contribution in [0.15, 0.2) is 18.2 Å². The van der Waals surface area contributed by atoms with Crippen LogP contribution in [0.5, 0.6) is 11.5 Å². The number of nitrogens with one attached hydrogen (secondary N) is 2. The number of hydrogen-bond acceptors (Lipinski definition) is 4. The molecule has 1 aliphatic rings. The summed E-state index contributed by atoms with van der Waals surface area (Å²) in [7, 11) is 1.62. The van der Waals surface area contributed by atoms with Crippen LogP contribution in [0.25, 0.3) is 0 Å². The zero-order valence-corrected chi connectivity index (χ0v) is 14.9. The van der Waals surface area contributed by atoms with E-state index in [0.29, 0.717) is 18.0 Å². The van der Waals surface area contributed by atoms with E-state index in [0.717, 1.165) is 24.6 Å². The maximum absolute atomic E-state index is 11.5. The molecule has 134 valence electrons. The first kappa shape index (κ1) is 18.6. The third-order valence-electron chi connectivity index (χ3n) is 4.49. The van der Waals surface area contributed by atoms with E-state index in [4.69, 9.17) is 9.47 Å². The van der Waals surface area contributed by atoms with E-state index >= 15 is 0 Å². The first-order valence-electron chi connectivity index (χ1n) is 9.00. The van der Waals surface area contributed by atoms with Gasteiger partial charge in [-0.1, -0.05) is 31.7 Å². The van der Waals surface area contributed by atoms with Crippen molar-refractivity contribution in [1.82, 2.24) is 10.6 Å². The molecule has 1 saturated carbocycles. The van der Waals surface area contributed by atoms with E-state index in [2.05, 4.69) is 10.6 Å². The summed E-state index contributed by atoms with van der Waals surface area (Å²) < 4.78 is 10.9. The molecule has 0 aliphatic heterocycles. The van der Waals surface area contributed by atoms with Gasteiger partial charge in [0.1, 0.15) is 0 Å². The summed E-state index contributed by atoms with van der Waals surface area (Å²) in [6, 6.07) is 5.85. The minimum absolute atomic E-state index is 0.00316. The molecule has 1 fully saturated rings. The van der Waals surface area contributed by atoms with Gasteiger partial charge in [0.05, 0.1) is 7.11 Å². The van der Waals surface area contributed by atoms with Crippen molar-refractivity contribution in [3.63, 3.8) is 0 Å². The quantitative estimate of drug-likeness (QED) is 0.646. The van der Waals surface area contributed by atoms with Gasteiger partial charge in [-0.3, -0.25) is 4.79 Å². The summed E-state index contributed by atoms with van der Waals surface area (Å²) in [6.45, 7) is 4.36. The van der Waals surface area contributed by atoms with Crippen LogP contribution < -0.4 is 20.1 Å². The molecular weight excluding hydrogens is 304 g/mol. The predicted octanol–water partition coefficient (Wildman–Crippen LogP) is 2.88. The van der Waals surface area contributed by atoms with E-state index in [1.54, 1.807) is 7.11 Å². The smallest absolute Gasteiger partial charge is 0.257 e. The van der Waals surface area contributed by atoms with Gasteiger partial charge in [-0.25, -0.2) is 0 Å². The number of ether oxygens (including phenoxy) is 2. The molecular formula is C19H30N2O3. The Bertz CT molecular complexity index is 513. The molecule has 24 heavy (non-hydrogen) atoms. The highest BCUT2D eigenvalue weighted by molar-refractivity contribution is 5.77. The predicted molar refractivity (Wildman–Crippen MR) is 95.5 cm³/mol. The lowest BCUT2D eigenvalue weighted by atomic mass is 10.0. The lowest BCUT2D eigenvalue weighted by molar-refractivity contribution is -0.123. The fraction of sp³-hybridized carbons (Fsp3) is 0.632. The molecule has 0 spiro atoms. The third-order valence-corrected chi connectivity index (χ3v) is 4.49. The molecule has 0 aromatic heterocycles. The van der Waals surface area contributed by atoms with Crippen molar-refractivity contribution in [1.29, 1.82) is 0 Å². The molecule has 0 unspecified atom stereocenters. The zero-order chi connectivity index (χ0) is 17.2. The minimum Gasteiger partial charge on any atom is -0.493 e. The van der Waals surface area contributed by atoms with E-state index in [1.165, 1.54) is 32.1 Å². The van der Waals surface area contributed by atoms with Gasteiger partial charge in [0.25, 0.3) is 5.91 Å². The van der Waals surface area contributed by atoms with Gasteiger partial charge in [0, 0.05) is 13.1 Å². The highest BCUT2D eigenvalue weighted by Gasteiger charge is 2.14. The standard InChI is InChI=1S/C19H30N2O3/c1-3-21-19(22)14-24-17-9-8-16(12-18(17)23-2)13-20-11-10-15-6-4-5-7-15/h8-9,12,15,20H,3-7,10-11,13-14H2,1-2H3,(H,21,22). The number of carbonyl (C=O) groups is 1. The Hall–Kier alpha value is -1.75. The van der Waals surface area contributed by atoms with Crippen LogP contribution in [0.4, 0.5) is 0 Å². The third kappa shape index (κ3) is 6.04. The zero-order valence-electron chi connectivity index (χ0n) is 14.9. The van der Waals surface area contributed by atoms with Crippen molar-refractivity contribution in [2.75, 3.05) is 26.8 Å². The van der Waals surface area contributed by atoms with E-state index in [9.17, 15) is 4.79 Å². The SMILES string of the molecule is CCNC(=O)COc1ccc(CNCCC2CCCC2)cc1OC. The number of rotatable bonds is 10. The molecule has 0 heterocycles. The summed E-state index contributed by atoms with van der Waals surface area (Å²) in [5, 5.41) is 6.21. The molecule has 1 amide bonds. The van der Waals surface area contributed by atoms with E-state index in [1.807, 2.05) is 25.1 Å². The second kappa shape index (κ2) is 10.2. The summed E-state index contributed by atoms with van der Waals surface area (Å²) in [4.78, 5) is 11.5. The topological polar surface area (TPSA) is 59.6 Å². The molecule has 1 aliphatic carbocycles. The van der Waals surface area contributed by atoms with Crippen LogP contribution >= 0.6 is 0 Å². The molecule has 2 N–H and O–H groups in total. The largest absolute Gasteiger partial charge is 0.493 e. The van der Waals surface area contributed by atoms with Gasteiger partial charge in [-0.05, 0) is 43.5 Å². The lowest BCUT2D eigenvalue weighted by Crippen LogP contribution is -2.28. The van der Waals surface area contributed by atoms with Crippen LogP contribution in [0.1, 0.15) is 44.6 Å². The normalized spacial score (nSPS) is 14.6. The Morgan fingerprint density at radius 2 is 2.04 bits per heavy atom. The van der Waals surface area contributed by atoms with Gasteiger partial charge in [-0.15, -0.1) is 0 Å². The molecule has 5 nitrogen and oxygen atoms in total. The molecule has 0 saturated heterocycles. The van der Waals surface area contributed by atoms with Crippen molar-refractivity contribution in [2.24, 2.45) is 5.92 Å². The van der Waals surface area contributed by atoms with Gasteiger partial charge in [0.2, 0.25) is 0 Å². The fourth-order valence-corrected chi connectivity index (χ4v) is 3.17.